The molecule has 3 aromatic rings. The van der Waals surface area contributed by atoms with E-state index >= 15 is 0 Å². The summed E-state index contributed by atoms with van der Waals surface area (Å²) in [5.41, 5.74) is 7.13. The van der Waals surface area contributed by atoms with Crippen molar-refractivity contribution in [1.29, 1.82) is 0 Å². The predicted octanol–water partition coefficient (Wildman–Crippen LogP) is 4.59. The molecule has 1 N–H and O–H groups in total. The van der Waals surface area contributed by atoms with Crippen LogP contribution in [-0.2, 0) is 18.0 Å². The quantitative estimate of drug-likeness (QED) is 0.665. The van der Waals surface area contributed by atoms with Crippen LogP contribution in [-0.4, -0.2) is 17.4 Å². The molecule has 0 saturated heterocycles. The van der Waals surface area contributed by atoms with Gasteiger partial charge in [-0.05, 0) is 62.4 Å². The summed E-state index contributed by atoms with van der Waals surface area (Å²) in [6.45, 7) is 4.86. The average molecular weight is 413 g/mol. The highest BCUT2D eigenvalue weighted by atomic mass is 35.5. The van der Waals surface area contributed by atoms with E-state index in [1.165, 1.54) is 0 Å². The third-order valence-electron chi connectivity index (χ3n) is 4.75. The van der Waals surface area contributed by atoms with Gasteiger partial charge in [-0.1, -0.05) is 11.6 Å². The van der Waals surface area contributed by atoms with E-state index in [4.69, 9.17) is 25.8 Å². The van der Waals surface area contributed by atoms with E-state index in [9.17, 15) is 4.79 Å². The van der Waals surface area contributed by atoms with Crippen molar-refractivity contribution in [3.63, 3.8) is 0 Å². The molecule has 1 aliphatic heterocycles. The molecule has 0 bridgehead atoms. The van der Waals surface area contributed by atoms with Gasteiger partial charge in [-0.15, -0.1) is 0 Å². The summed E-state index contributed by atoms with van der Waals surface area (Å²) in [4.78, 5) is 12.5. The Balaban J connectivity index is 1.43. The van der Waals surface area contributed by atoms with Crippen molar-refractivity contribution in [2.45, 2.75) is 27.1 Å². The van der Waals surface area contributed by atoms with Crippen molar-refractivity contribution >= 4 is 17.5 Å². The Kier molecular flexibility index (Phi) is 5.47. The summed E-state index contributed by atoms with van der Waals surface area (Å²) in [5, 5.41) is 0.610. The van der Waals surface area contributed by atoms with Crippen LogP contribution in [0.2, 0.25) is 5.02 Å². The SMILES string of the molecule is Cc1ccc(C)n1NC(=O)c1ccc(OCc2cc(Cl)cc3c2OCOC3)cc1. The minimum atomic E-state index is -0.184. The highest BCUT2D eigenvalue weighted by molar-refractivity contribution is 6.30. The number of aromatic nitrogens is 1. The van der Waals surface area contributed by atoms with Crippen LogP contribution >= 0.6 is 11.6 Å². The number of amides is 1. The molecule has 2 aromatic carbocycles. The second-order valence-electron chi connectivity index (χ2n) is 6.87. The number of aryl methyl sites for hydroxylation is 2. The zero-order valence-corrected chi connectivity index (χ0v) is 17.0. The Morgan fingerprint density at radius 3 is 2.59 bits per heavy atom. The normalized spacial score (nSPS) is 12.8. The molecule has 2 heterocycles. The van der Waals surface area contributed by atoms with Gasteiger partial charge >= 0.3 is 0 Å². The largest absolute Gasteiger partial charge is 0.489 e. The third kappa shape index (κ3) is 4.23. The number of nitrogens with zero attached hydrogens (tertiary/aromatic N) is 1. The Labute approximate surface area is 173 Å². The molecule has 6 nitrogen and oxygen atoms in total. The van der Waals surface area contributed by atoms with Crippen molar-refractivity contribution in [1.82, 2.24) is 4.68 Å². The Hall–Kier alpha value is -2.96. The number of hydrogen-bond donors (Lipinski definition) is 1. The van der Waals surface area contributed by atoms with E-state index in [1.807, 2.05) is 38.1 Å². The van der Waals surface area contributed by atoms with Gasteiger partial charge in [0.25, 0.3) is 5.91 Å². The number of hydrogen-bond acceptors (Lipinski definition) is 4. The maximum Gasteiger partial charge on any atom is 0.270 e. The van der Waals surface area contributed by atoms with Gasteiger partial charge < -0.3 is 14.2 Å². The van der Waals surface area contributed by atoms with Crippen LogP contribution in [0.5, 0.6) is 11.5 Å². The van der Waals surface area contributed by atoms with E-state index in [1.54, 1.807) is 28.9 Å². The molecule has 1 aliphatic rings. The lowest BCUT2D eigenvalue weighted by Gasteiger charge is -2.21. The first-order valence-electron chi connectivity index (χ1n) is 9.22. The maximum atomic E-state index is 12.5. The van der Waals surface area contributed by atoms with E-state index in [0.717, 1.165) is 28.3 Å². The molecule has 0 aliphatic carbocycles. The number of nitrogens with one attached hydrogen (secondary N) is 1. The molecule has 1 amide bonds. The molecular formula is C22H21ClN2O4. The number of rotatable bonds is 5. The fourth-order valence-electron chi connectivity index (χ4n) is 3.24. The van der Waals surface area contributed by atoms with Gasteiger partial charge in [0.1, 0.15) is 18.1 Å². The van der Waals surface area contributed by atoms with Crippen molar-refractivity contribution in [3.8, 4) is 11.5 Å². The van der Waals surface area contributed by atoms with Crippen molar-refractivity contribution in [3.05, 3.63) is 81.6 Å². The van der Waals surface area contributed by atoms with Crippen molar-refractivity contribution in [2.24, 2.45) is 0 Å². The zero-order valence-electron chi connectivity index (χ0n) is 16.2. The molecule has 0 saturated carbocycles. The maximum absolute atomic E-state index is 12.5. The second kappa shape index (κ2) is 8.19. The molecular weight excluding hydrogens is 392 g/mol. The van der Waals surface area contributed by atoms with Gasteiger partial charge in [0.2, 0.25) is 0 Å². The third-order valence-corrected chi connectivity index (χ3v) is 4.97. The van der Waals surface area contributed by atoms with Gasteiger partial charge in [0.15, 0.2) is 6.79 Å². The summed E-state index contributed by atoms with van der Waals surface area (Å²) < 4.78 is 18.5. The summed E-state index contributed by atoms with van der Waals surface area (Å²) in [6, 6.07) is 14.6. The number of carbonyl (C=O) groups is 1. The van der Waals surface area contributed by atoms with Gasteiger partial charge in [-0.25, -0.2) is 0 Å². The molecule has 1 aromatic heterocycles. The van der Waals surface area contributed by atoms with Crippen molar-refractivity contribution < 1.29 is 19.0 Å². The van der Waals surface area contributed by atoms with E-state index in [0.29, 0.717) is 29.5 Å². The monoisotopic (exact) mass is 412 g/mol. The van der Waals surface area contributed by atoms with Crippen LogP contribution in [0.15, 0.2) is 48.5 Å². The standard InChI is InChI=1S/C22H21ClN2O4/c1-14-3-4-15(2)25(14)24-22(26)16-5-7-20(8-6-16)28-12-18-10-19(23)9-17-11-27-13-29-21(17)18/h3-10H,11-13H2,1-2H3,(H,24,26). The highest BCUT2D eigenvalue weighted by Gasteiger charge is 2.17. The van der Waals surface area contributed by atoms with Gasteiger partial charge in [0.05, 0.1) is 6.61 Å². The lowest BCUT2D eigenvalue weighted by molar-refractivity contribution is -0.0175. The first-order valence-corrected chi connectivity index (χ1v) is 9.60. The van der Waals surface area contributed by atoms with Crippen LogP contribution in [0.4, 0.5) is 0 Å². The highest BCUT2D eigenvalue weighted by Crippen LogP contribution is 2.32. The molecule has 4 rings (SSSR count). The number of ether oxygens (including phenoxy) is 3. The van der Waals surface area contributed by atoms with Crippen LogP contribution in [0.3, 0.4) is 0 Å². The molecule has 0 radical (unpaired) electrons. The van der Waals surface area contributed by atoms with E-state index in [-0.39, 0.29) is 12.7 Å². The lowest BCUT2D eigenvalue weighted by Crippen LogP contribution is -2.24. The summed E-state index contributed by atoms with van der Waals surface area (Å²) in [5.74, 6) is 1.22. The van der Waals surface area contributed by atoms with Gasteiger partial charge in [-0.2, -0.15) is 0 Å². The predicted molar refractivity (Wildman–Crippen MR) is 110 cm³/mol. The van der Waals surface area contributed by atoms with Crippen LogP contribution in [0.1, 0.15) is 32.9 Å². The molecule has 7 heteroatoms. The summed E-state index contributed by atoms with van der Waals surface area (Å²) in [6.07, 6.45) is 0. The molecule has 0 spiro atoms. The first kappa shape index (κ1) is 19.4. The molecule has 29 heavy (non-hydrogen) atoms. The molecule has 150 valence electrons. The Bertz CT molecular complexity index is 1020. The lowest BCUT2D eigenvalue weighted by atomic mass is 10.1. The number of fused-ring (bicyclic) bond motifs is 1. The number of carbonyl (C=O) groups excluding carboxylic acids is 1. The van der Waals surface area contributed by atoms with Crippen molar-refractivity contribution in [2.75, 3.05) is 12.2 Å². The fourth-order valence-corrected chi connectivity index (χ4v) is 3.50. The minimum absolute atomic E-state index is 0.184. The van der Waals surface area contributed by atoms with Crippen LogP contribution in [0, 0.1) is 13.8 Å². The zero-order chi connectivity index (χ0) is 20.4. The van der Waals surface area contributed by atoms with Gasteiger partial charge in [0, 0.05) is 33.1 Å². The fraction of sp³-hybridized carbons (Fsp3) is 0.227. The van der Waals surface area contributed by atoms with Crippen LogP contribution in [0.25, 0.3) is 0 Å². The van der Waals surface area contributed by atoms with E-state index < -0.39 is 0 Å². The summed E-state index contributed by atoms with van der Waals surface area (Å²) in [7, 11) is 0. The second-order valence-corrected chi connectivity index (χ2v) is 7.31. The topological polar surface area (TPSA) is 61.7 Å². The molecule has 0 fully saturated rings. The number of halogens is 1. The van der Waals surface area contributed by atoms with E-state index in [2.05, 4.69) is 5.43 Å². The number of benzene rings is 2. The Morgan fingerprint density at radius 2 is 1.86 bits per heavy atom. The Morgan fingerprint density at radius 1 is 1.14 bits per heavy atom. The molecule has 0 atom stereocenters. The van der Waals surface area contributed by atoms with Gasteiger partial charge in [-0.3, -0.25) is 14.9 Å². The average Bonchev–Trinajstić information content (AvgIpc) is 3.04. The first-order chi connectivity index (χ1) is 14.0. The smallest absolute Gasteiger partial charge is 0.270 e. The summed E-state index contributed by atoms with van der Waals surface area (Å²) >= 11 is 6.19. The molecule has 0 unspecified atom stereocenters. The van der Waals surface area contributed by atoms with Crippen LogP contribution < -0.4 is 14.9 Å². The minimum Gasteiger partial charge on any atom is -0.489 e.